The molecule has 0 aliphatic heterocycles. The number of isocyanates is 1. The molecule has 0 bridgehead atoms. The summed E-state index contributed by atoms with van der Waals surface area (Å²) in [6.45, 7) is 7.25. The van der Waals surface area contributed by atoms with Crippen LogP contribution in [-0.4, -0.2) is 41.7 Å². The topological polar surface area (TPSA) is 61.8 Å². The monoisotopic (exact) mass is 403 g/mol. The lowest BCUT2D eigenvalue weighted by Crippen LogP contribution is -2.56. The van der Waals surface area contributed by atoms with E-state index in [1.54, 1.807) is 6.08 Å². The van der Waals surface area contributed by atoms with E-state index in [0.29, 0.717) is 18.6 Å². The molecule has 2 amide bonds. The highest BCUT2D eigenvalue weighted by Gasteiger charge is 2.43. The van der Waals surface area contributed by atoms with Gasteiger partial charge in [-0.05, 0) is 55.8 Å². The van der Waals surface area contributed by atoms with Gasteiger partial charge >= 0.3 is 6.03 Å². The minimum Gasteiger partial charge on any atom is -0.335 e. The summed E-state index contributed by atoms with van der Waals surface area (Å²) in [5.41, 5.74) is 0.0709. The van der Waals surface area contributed by atoms with Crippen molar-refractivity contribution in [1.82, 2.24) is 10.2 Å². The largest absolute Gasteiger partial charge is 0.335 e. The Bertz CT molecular complexity index is 583. The Hall–Kier alpha value is -1.35. The molecule has 3 rings (SSSR count). The SMILES string of the molecule is CC1(C)CC(NC(=O)N(C2CCCCC2)C2CCCCC2)CC(C)(CN=C=O)C1. The Morgan fingerprint density at radius 3 is 2.03 bits per heavy atom. The van der Waals surface area contributed by atoms with Crippen LogP contribution in [0.1, 0.15) is 104 Å². The van der Waals surface area contributed by atoms with Gasteiger partial charge in [-0.1, -0.05) is 59.3 Å². The van der Waals surface area contributed by atoms with Crippen LogP contribution in [0, 0.1) is 10.8 Å². The van der Waals surface area contributed by atoms with Crippen molar-refractivity contribution in [3.63, 3.8) is 0 Å². The van der Waals surface area contributed by atoms with E-state index >= 15 is 0 Å². The average Bonchev–Trinajstić information content (AvgIpc) is 2.67. The van der Waals surface area contributed by atoms with Crippen LogP contribution in [0.15, 0.2) is 4.99 Å². The quantitative estimate of drug-likeness (QED) is 0.481. The minimum atomic E-state index is -0.0579. The molecular formula is C24H41N3O2. The molecule has 3 fully saturated rings. The molecule has 2 atom stereocenters. The lowest BCUT2D eigenvalue weighted by atomic mass is 9.62. The summed E-state index contributed by atoms with van der Waals surface area (Å²) in [5, 5.41) is 3.45. The number of carbonyl (C=O) groups excluding carboxylic acids is 2. The molecule has 0 spiro atoms. The molecule has 5 nitrogen and oxygen atoms in total. The number of carbonyl (C=O) groups is 1. The molecule has 0 saturated heterocycles. The number of rotatable bonds is 5. The molecule has 1 N–H and O–H groups in total. The summed E-state index contributed by atoms with van der Waals surface area (Å²) in [4.78, 5) is 30.4. The number of amides is 2. The highest BCUT2D eigenvalue weighted by Crippen LogP contribution is 2.46. The highest BCUT2D eigenvalue weighted by molar-refractivity contribution is 5.75. The maximum atomic E-state index is 13.6. The molecule has 0 aromatic carbocycles. The molecular weight excluding hydrogens is 362 g/mol. The first-order chi connectivity index (χ1) is 13.8. The van der Waals surface area contributed by atoms with Gasteiger partial charge in [0.15, 0.2) is 0 Å². The van der Waals surface area contributed by atoms with Crippen LogP contribution in [0.2, 0.25) is 0 Å². The van der Waals surface area contributed by atoms with Gasteiger partial charge in [-0.25, -0.2) is 14.6 Å². The van der Waals surface area contributed by atoms with Gasteiger partial charge in [0.1, 0.15) is 0 Å². The number of aliphatic imine (C=N–C) groups is 1. The van der Waals surface area contributed by atoms with Gasteiger partial charge in [-0.3, -0.25) is 0 Å². The number of hydrogen-bond acceptors (Lipinski definition) is 3. The van der Waals surface area contributed by atoms with E-state index < -0.39 is 0 Å². The summed E-state index contributed by atoms with van der Waals surface area (Å²) in [6.07, 6.45) is 16.9. The number of urea groups is 1. The molecule has 3 aliphatic carbocycles. The number of nitrogens with one attached hydrogen (secondary N) is 1. The Morgan fingerprint density at radius 2 is 1.52 bits per heavy atom. The van der Waals surface area contributed by atoms with Crippen molar-refractivity contribution >= 4 is 12.1 Å². The third kappa shape index (κ3) is 6.07. The van der Waals surface area contributed by atoms with Crippen molar-refractivity contribution in [2.75, 3.05) is 6.54 Å². The molecule has 0 aromatic heterocycles. The van der Waals surface area contributed by atoms with Crippen molar-refractivity contribution in [2.24, 2.45) is 15.8 Å². The summed E-state index contributed by atoms with van der Waals surface area (Å²) in [5.74, 6) is 0. The number of hydrogen-bond donors (Lipinski definition) is 1. The molecule has 0 aromatic rings. The van der Waals surface area contributed by atoms with E-state index in [-0.39, 0.29) is 22.9 Å². The third-order valence-corrected chi connectivity index (χ3v) is 7.47. The van der Waals surface area contributed by atoms with Crippen LogP contribution in [0.4, 0.5) is 4.79 Å². The van der Waals surface area contributed by atoms with Crippen LogP contribution in [0.5, 0.6) is 0 Å². The normalized spacial score (nSPS) is 30.9. The summed E-state index contributed by atoms with van der Waals surface area (Å²) < 4.78 is 0. The van der Waals surface area contributed by atoms with E-state index in [9.17, 15) is 9.59 Å². The molecule has 3 aliphatic rings. The van der Waals surface area contributed by atoms with E-state index in [0.717, 1.165) is 44.9 Å². The molecule has 2 unspecified atom stereocenters. The molecule has 3 saturated carbocycles. The van der Waals surface area contributed by atoms with Crippen LogP contribution in [0.25, 0.3) is 0 Å². The smallest absolute Gasteiger partial charge is 0.318 e. The van der Waals surface area contributed by atoms with E-state index in [1.807, 2.05) is 0 Å². The van der Waals surface area contributed by atoms with Crippen LogP contribution in [0.3, 0.4) is 0 Å². The Balaban J connectivity index is 1.72. The molecule has 5 heteroatoms. The van der Waals surface area contributed by atoms with E-state index in [2.05, 4.69) is 36.0 Å². The van der Waals surface area contributed by atoms with Crippen LogP contribution < -0.4 is 5.32 Å². The van der Waals surface area contributed by atoms with Crippen molar-refractivity contribution in [1.29, 1.82) is 0 Å². The maximum Gasteiger partial charge on any atom is 0.318 e. The fourth-order valence-electron chi connectivity index (χ4n) is 6.68. The summed E-state index contributed by atoms with van der Waals surface area (Å²) >= 11 is 0. The molecule has 29 heavy (non-hydrogen) atoms. The zero-order valence-electron chi connectivity index (χ0n) is 18.8. The van der Waals surface area contributed by atoms with Gasteiger partial charge in [0, 0.05) is 18.1 Å². The lowest BCUT2D eigenvalue weighted by molar-refractivity contribution is 0.0670. The van der Waals surface area contributed by atoms with Crippen molar-refractivity contribution in [3.05, 3.63) is 0 Å². The highest BCUT2D eigenvalue weighted by atomic mass is 16.2. The van der Waals surface area contributed by atoms with E-state index in [1.165, 1.54) is 38.5 Å². The predicted molar refractivity (Wildman–Crippen MR) is 117 cm³/mol. The van der Waals surface area contributed by atoms with Gasteiger partial charge in [-0.15, -0.1) is 0 Å². The fourth-order valence-corrected chi connectivity index (χ4v) is 6.68. The first-order valence-electron chi connectivity index (χ1n) is 11.9. The zero-order chi connectivity index (χ0) is 20.9. The molecule has 0 heterocycles. The summed E-state index contributed by atoms with van der Waals surface area (Å²) in [7, 11) is 0. The van der Waals surface area contributed by atoms with Gasteiger partial charge in [0.05, 0.1) is 6.54 Å². The van der Waals surface area contributed by atoms with Crippen molar-refractivity contribution < 1.29 is 9.59 Å². The minimum absolute atomic E-state index is 0.0579. The Kier molecular flexibility index (Phi) is 7.42. The first kappa shape index (κ1) is 22.3. The van der Waals surface area contributed by atoms with Crippen LogP contribution in [-0.2, 0) is 4.79 Å². The average molecular weight is 404 g/mol. The molecule has 0 radical (unpaired) electrons. The zero-order valence-corrected chi connectivity index (χ0v) is 18.8. The summed E-state index contributed by atoms with van der Waals surface area (Å²) in [6, 6.07) is 1.13. The third-order valence-electron chi connectivity index (χ3n) is 7.47. The van der Waals surface area contributed by atoms with Gasteiger partial charge in [0.2, 0.25) is 6.08 Å². The first-order valence-corrected chi connectivity index (χ1v) is 11.9. The maximum absolute atomic E-state index is 13.6. The second kappa shape index (κ2) is 9.64. The molecule has 164 valence electrons. The second-order valence-corrected chi connectivity index (χ2v) is 11.1. The Labute approximate surface area is 177 Å². The van der Waals surface area contributed by atoms with Gasteiger partial charge in [-0.2, -0.15) is 0 Å². The van der Waals surface area contributed by atoms with Crippen molar-refractivity contribution in [3.8, 4) is 0 Å². The fraction of sp³-hybridized carbons (Fsp3) is 0.917. The Morgan fingerprint density at radius 1 is 0.966 bits per heavy atom. The van der Waals surface area contributed by atoms with Crippen LogP contribution >= 0.6 is 0 Å². The van der Waals surface area contributed by atoms with E-state index in [4.69, 9.17) is 0 Å². The van der Waals surface area contributed by atoms with Gasteiger partial charge in [0.25, 0.3) is 0 Å². The lowest BCUT2D eigenvalue weighted by Gasteiger charge is -2.47. The van der Waals surface area contributed by atoms with Crippen molar-refractivity contribution in [2.45, 2.75) is 122 Å². The number of nitrogens with zero attached hydrogens (tertiary/aromatic N) is 2. The predicted octanol–water partition coefficient (Wildman–Crippen LogP) is 5.58. The second-order valence-electron chi connectivity index (χ2n) is 11.1. The van der Waals surface area contributed by atoms with Gasteiger partial charge < -0.3 is 10.2 Å². The standard InChI is InChI=1S/C24H41N3O2/c1-23(2)14-19(15-24(3,16-23)17-25-18-28)26-22(29)27(20-10-6-4-7-11-20)21-12-8-5-9-13-21/h19-21H,4-17H2,1-3H3,(H,26,29).